The Morgan fingerprint density at radius 3 is 2.43 bits per heavy atom. The zero-order valence-corrected chi connectivity index (χ0v) is 19.0. The van der Waals surface area contributed by atoms with Gasteiger partial charge in [0.15, 0.2) is 5.96 Å². The second kappa shape index (κ2) is 11.6. The van der Waals surface area contributed by atoms with Crippen LogP contribution in [0.25, 0.3) is 0 Å². The monoisotopic (exact) mass is 498 g/mol. The largest absolute Gasteiger partial charge is 0.356 e. The summed E-state index contributed by atoms with van der Waals surface area (Å²) in [5, 5.41) is 9.29. The highest BCUT2D eigenvalue weighted by atomic mass is 127. The molecule has 2 aromatic carbocycles. The highest BCUT2D eigenvalue weighted by Gasteiger charge is 2.09. The van der Waals surface area contributed by atoms with E-state index in [9.17, 15) is 9.18 Å². The molecule has 5 nitrogen and oxygen atoms in total. The van der Waals surface area contributed by atoms with Crippen LogP contribution in [-0.2, 0) is 11.2 Å². The molecule has 2 rings (SSSR count). The van der Waals surface area contributed by atoms with E-state index in [2.05, 4.69) is 20.9 Å². The number of hydrogen-bond donors (Lipinski definition) is 3. The van der Waals surface area contributed by atoms with Gasteiger partial charge in [-0.2, -0.15) is 0 Å². The molecule has 0 aliphatic heterocycles. The summed E-state index contributed by atoms with van der Waals surface area (Å²) in [6.07, 6.45) is 0.814. The topological polar surface area (TPSA) is 65.5 Å². The number of halogens is 2. The Hall–Kier alpha value is -2.16. The Morgan fingerprint density at radius 1 is 1.18 bits per heavy atom. The zero-order valence-electron chi connectivity index (χ0n) is 16.7. The number of carbonyl (C=O) groups excluding carboxylic acids is 1. The molecule has 0 saturated heterocycles. The molecular formula is C21H28FIN4O. The number of guanidine groups is 1. The summed E-state index contributed by atoms with van der Waals surface area (Å²) in [6, 6.07) is 12.9. The van der Waals surface area contributed by atoms with Crippen LogP contribution in [0.5, 0.6) is 0 Å². The summed E-state index contributed by atoms with van der Waals surface area (Å²) < 4.78 is 13.8. The molecule has 28 heavy (non-hydrogen) atoms. The fourth-order valence-corrected chi connectivity index (χ4v) is 2.64. The summed E-state index contributed by atoms with van der Waals surface area (Å²) in [5.41, 5.74) is 3.45. The molecule has 2 aromatic rings. The molecule has 0 saturated carbocycles. The van der Waals surface area contributed by atoms with Crippen LogP contribution in [0, 0.1) is 12.7 Å². The average Bonchev–Trinajstić information content (AvgIpc) is 2.64. The van der Waals surface area contributed by atoms with Crippen molar-refractivity contribution >= 4 is 41.5 Å². The molecule has 3 N–H and O–H groups in total. The smallest absolute Gasteiger partial charge is 0.221 e. The van der Waals surface area contributed by atoms with Gasteiger partial charge in [-0.3, -0.25) is 9.79 Å². The minimum Gasteiger partial charge on any atom is -0.356 e. The van der Waals surface area contributed by atoms with Crippen LogP contribution in [0.2, 0.25) is 0 Å². The maximum absolute atomic E-state index is 13.8. The van der Waals surface area contributed by atoms with E-state index in [4.69, 9.17) is 0 Å². The predicted molar refractivity (Wildman–Crippen MR) is 124 cm³/mol. The third kappa shape index (κ3) is 7.46. The zero-order chi connectivity index (χ0) is 19.8. The van der Waals surface area contributed by atoms with Crippen LogP contribution in [-0.4, -0.2) is 25.5 Å². The van der Waals surface area contributed by atoms with Gasteiger partial charge in [-0.15, -0.1) is 24.0 Å². The lowest BCUT2D eigenvalue weighted by atomic mass is 10.1. The van der Waals surface area contributed by atoms with Crippen LogP contribution < -0.4 is 16.0 Å². The van der Waals surface area contributed by atoms with Crippen LogP contribution >= 0.6 is 24.0 Å². The van der Waals surface area contributed by atoms with Crippen molar-refractivity contribution < 1.29 is 9.18 Å². The van der Waals surface area contributed by atoms with Crippen molar-refractivity contribution in [3.63, 3.8) is 0 Å². The number of nitrogens with one attached hydrogen (secondary N) is 3. The lowest BCUT2D eigenvalue weighted by Gasteiger charge is -2.18. The molecule has 0 aliphatic carbocycles. The first-order valence-corrected chi connectivity index (χ1v) is 8.99. The molecule has 0 bridgehead atoms. The Balaban J connectivity index is 0.00000392. The maximum Gasteiger partial charge on any atom is 0.221 e. The van der Waals surface area contributed by atoms with Gasteiger partial charge in [-0.05, 0) is 55.2 Å². The van der Waals surface area contributed by atoms with Crippen molar-refractivity contribution in [2.24, 2.45) is 4.99 Å². The van der Waals surface area contributed by atoms with E-state index in [1.165, 1.54) is 6.92 Å². The molecule has 1 amide bonds. The lowest BCUT2D eigenvalue weighted by Crippen LogP contribution is -2.39. The van der Waals surface area contributed by atoms with Crippen LogP contribution in [0.4, 0.5) is 10.1 Å². The molecule has 0 aliphatic rings. The first kappa shape index (κ1) is 23.9. The van der Waals surface area contributed by atoms with Gasteiger partial charge in [0.2, 0.25) is 5.91 Å². The Bertz CT molecular complexity index is 809. The fourth-order valence-electron chi connectivity index (χ4n) is 2.64. The molecule has 0 radical (unpaired) electrons. The standard InChI is InChI=1S/C21H27FN4O.HI/c1-14-5-8-18(13-20(14)22)15(2)25-21(23-4)24-12-11-17-6-9-19(10-7-17)26-16(3)27;/h5-10,13,15H,11-12H2,1-4H3,(H,26,27)(H2,23,24,25);1H. The number of amides is 1. The summed E-state index contributed by atoms with van der Waals surface area (Å²) in [6.45, 7) is 5.91. The van der Waals surface area contributed by atoms with Crippen molar-refractivity contribution in [1.82, 2.24) is 10.6 Å². The number of carbonyl (C=O) groups is 1. The van der Waals surface area contributed by atoms with E-state index in [1.807, 2.05) is 37.3 Å². The van der Waals surface area contributed by atoms with Gasteiger partial charge < -0.3 is 16.0 Å². The molecule has 0 aromatic heterocycles. The van der Waals surface area contributed by atoms with E-state index >= 15 is 0 Å². The Kier molecular flexibility index (Phi) is 9.92. The first-order valence-electron chi connectivity index (χ1n) is 8.99. The van der Waals surface area contributed by atoms with Crippen molar-refractivity contribution in [1.29, 1.82) is 0 Å². The quantitative estimate of drug-likeness (QED) is 0.318. The maximum atomic E-state index is 13.8. The number of rotatable bonds is 6. The normalized spacial score (nSPS) is 12.0. The Morgan fingerprint density at radius 2 is 1.86 bits per heavy atom. The van der Waals surface area contributed by atoms with Gasteiger partial charge in [-0.1, -0.05) is 24.3 Å². The number of hydrogen-bond acceptors (Lipinski definition) is 2. The van der Waals surface area contributed by atoms with Crippen molar-refractivity contribution in [3.05, 3.63) is 65.0 Å². The van der Waals surface area contributed by atoms with Gasteiger partial charge in [0.25, 0.3) is 0 Å². The fraction of sp³-hybridized carbons (Fsp3) is 0.333. The highest BCUT2D eigenvalue weighted by molar-refractivity contribution is 14.0. The van der Waals surface area contributed by atoms with E-state index < -0.39 is 0 Å². The molecule has 0 heterocycles. The number of aliphatic imine (C=N–C) groups is 1. The first-order chi connectivity index (χ1) is 12.9. The third-order valence-electron chi connectivity index (χ3n) is 4.25. The van der Waals surface area contributed by atoms with Crippen LogP contribution in [0.1, 0.15) is 36.6 Å². The summed E-state index contributed by atoms with van der Waals surface area (Å²) in [5.74, 6) is 0.382. The van der Waals surface area contributed by atoms with Crippen LogP contribution in [0.3, 0.4) is 0 Å². The SMILES string of the molecule is CN=C(NCCc1ccc(NC(C)=O)cc1)NC(C)c1ccc(C)c(F)c1.I. The second-order valence-corrected chi connectivity index (χ2v) is 6.50. The van der Waals surface area contributed by atoms with Gasteiger partial charge in [0.05, 0.1) is 6.04 Å². The minimum absolute atomic E-state index is 0. The van der Waals surface area contributed by atoms with Gasteiger partial charge in [0, 0.05) is 26.2 Å². The van der Waals surface area contributed by atoms with E-state index in [0.29, 0.717) is 18.1 Å². The third-order valence-corrected chi connectivity index (χ3v) is 4.25. The van der Waals surface area contributed by atoms with E-state index in [1.54, 1.807) is 26.1 Å². The van der Waals surface area contributed by atoms with Crippen molar-refractivity contribution in [2.75, 3.05) is 18.9 Å². The molecule has 7 heteroatoms. The van der Waals surface area contributed by atoms with E-state index in [0.717, 1.165) is 23.2 Å². The number of anilines is 1. The van der Waals surface area contributed by atoms with E-state index in [-0.39, 0.29) is 41.7 Å². The molecule has 1 unspecified atom stereocenters. The predicted octanol–water partition coefficient (Wildman–Crippen LogP) is 4.18. The molecule has 1 atom stereocenters. The van der Waals surface area contributed by atoms with Gasteiger partial charge in [0.1, 0.15) is 5.82 Å². The summed E-state index contributed by atoms with van der Waals surface area (Å²) >= 11 is 0. The van der Waals surface area contributed by atoms with Crippen molar-refractivity contribution in [2.45, 2.75) is 33.2 Å². The molecule has 0 spiro atoms. The molecular weight excluding hydrogens is 470 g/mol. The number of benzene rings is 2. The minimum atomic E-state index is -0.202. The Labute approximate surface area is 183 Å². The van der Waals surface area contributed by atoms with Crippen molar-refractivity contribution in [3.8, 4) is 0 Å². The lowest BCUT2D eigenvalue weighted by molar-refractivity contribution is -0.114. The number of nitrogens with zero attached hydrogens (tertiary/aromatic N) is 1. The summed E-state index contributed by atoms with van der Waals surface area (Å²) in [4.78, 5) is 15.3. The second-order valence-electron chi connectivity index (χ2n) is 6.50. The molecule has 0 fully saturated rings. The molecule has 152 valence electrons. The van der Waals surface area contributed by atoms with Gasteiger partial charge in [-0.25, -0.2) is 4.39 Å². The van der Waals surface area contributed by atoms with Crippen LogP contribution in [0.15, 0.2) is 47.5 Å². The average molecular weight is 498 g/mol. The highest BCUT2D eigenvalue weighted by Crippen LogP contribution is 2.16. The van der Waals surface area contributed by atoms with Gasteiger partial charge >= 0.3 is 0 Å². The number of aryl methyl sites for hydroxylation is 1. The summed E-state index contributed by atoms with van der Waals surface area (Å²) in [7, 11) is 1.71.